The second-order valence-corrected chi connectivity index (χ2v) is 7.60. The van der Waals surface area contributed by atoms with Crippen LogP contribution in [0.4, 0.5) is 0 Å². The number of carbonyl (C=O) groups excluding carboxylic acids is 2. The number of aryl methyl sites for hydroxylation is 1. The maximum absolute atomic E-state index is 12.5. The van der Waals surface area contributed by atoms with Gasteiger partial charge in [0.05, 0.1) is 7.11 Å². The normalized spacial score (nSPS) is 19.5. The molecule has 0 saturated heterocycles. The van der Waals surface area contributed by atoms with E-state index in [0.717, 1.165) is 69.9 Å². The first-order chi connectivity index (χ1) is 13.1. The minimum Gasteiger partial charge on any atom is -0.469 e. The highest BCUT2D eigenvalue weighted by atomic mass is 16.5. The fraction of sp³-hybridized carbons (Fsp3) is 0.636. The summed E-state index contributed by atoms with van der Waals surface area (Å²) in [4.78, 5) is 23.7. The Bertz CT molecular complexity index is 578. The van der Waals surface area contributed by atoms with E-state index in [1.165, 1.54) is 12.7 Å². The van der Waals surface area contributed by atoms with E-state index < -0.39 is 0 Å². The summed E-state index contributed by atoms with van der Waals surface area (Å²) in [6, 6.07) is 8.20. The molecule has 0 bridgehead atoms. The molecule has 5 heteroatoms. The van der Waals surface area contributed by atoms with E-state index in [1.54, 1.807) is 0 Å². The predicted molar refractivity (Wildman–Crippen MR) is 108 cm³/mol. The molecule has 1 fully saturated rings. The molecule has 1 saturated carbocycles. The minimum absolute atomic E-state index is 0.0164. The van der Waals surface area contributed by atoms with Gasteiger partial charge in [0.15, 0.2) is 0 Å². The number of nitrogens with two attached hydrogens (primary N) is 1. The van der Waals surface area contributed by atoms with Gasteiger partial charge in [-0.25, -0.2) is 0 Å². The molecular formula is C22H34N2O3. The number of methoxy groups -OCH3 is 1. The first-order valence-electron chi connectivity index (χ1n) is 10.3. The molecular weight excluding hydrogens is 340 g/mol. The van der Waals surface area contributed by atoms with E-state index in [2.05, 4.69) is 17.4 Å². The summed E-state index contributed by atoms with van der Waals surface area (Å²) in [6.45, 7) is 0.756. The summed E-state index contributed by atoms with van der Waals surface area (Å²) in [7, 11) is 1.43. The van der Waals surface area contributed by atoms with Crippen molar-refractivity contribution in [2.45, 2.75) is 70.3 Å². The maximum atomic E-state index is 12.5. The number of unbranched alkanes of at least 4 members (excludes halogenated alkanes) is 2. The summed E-state index contributed by atoms with van der Waals surface area (Å²) in [5.74, 6) is 0.451. The lowest BCUT2D eigenvalue weighted by Crippen LogP contribution is -2.37. The largest absolute Gasteiger partial charge is 0.469 e. The Morgan fingerprint density at radius 1 is 1.07 bits per heavy atom. The Morgan fingerprint density at radius 3 is 2.41 bits per heavy atom. The van der Waals surface area contributed by atoms with Gasteiger partial charge in [0, 0.05) is 18.0 Å². The average Bonchev–Trinajstić information content (AvgIpc) is 2.71. The second-order valence-electron chi connectivity index (χ2n) is 7.60. The van der Waals surface area contributed by atoms with Gasteiger partial charge in [0.1, 0.15) is 0 Å². The lowest BCUT2D eigenvalue weighted by molar-refractivity contribution is -0.141. The topological polar surface area (TPSA) is 81.4 Å². The van der Waals surface area contributed by atoms with Gasteiger partial charge >= 0.3 is 5.97 Å². The van der Waals surface area contributed by atoms with Crippen LogP contribution in [0.5, 0.6) is 0 Å². The number of carbonyl (C=O) groups is 2. The molecule has 0 radical (unpaired) electrons. The van der Waals surface area contributed by atoms with Crippen molar-refractivity contribution in [3.05, 3.63) is 35.4 Å². The van der Waals surface area contributed by atoms with Gasteiger partial charge in [-0.2, -0.15) is 0 Å². The van der Waals surface area contributed by atoms with Gasteiger partial charge in [-0.05, 0) is 81.5 Å². The average molecular weight is 375 g/mol. The van der Waals surface area contributed by atoms with Crippen LogP contribution < -0.4 is 11.1 Å². The number of benzene rings is 1. The third kappa shape index (κ3) is 7.71. The molecule has 1 amide bonds. The van der Waals surface area contributed by atoms with E-state index in [9.17, 15) is 9.59 Å². The van der Waals surface area contributed by atoms with Gasteiger partial charge in [-0.15, -0.1) is 0 Å². The van der Waals surface area contributed by atoms with Crippen LogP contribution in [-0.4, -0.2) is 31.6 Å². The molecule has 2 rings (SSSR count). The van der Waals surface area contributed by atoms with Crippen LogP contribution in [0.3, 0.4) is 0 Å². The second kappa shape index (κ2) is 11.8. The molecule has 3 N–H and O–H groups in total. The molecule has 0 spiro atoms. The Morgan fingerprint density at radius 2 is 1.78 bits per heavy atom. The van der Waals surface area contributed by atoms with Crippen molar-refractivity contribution in [3.8, 4) is 0 Å². The molecule has 150 valence electrons. The lowest BCUT2D eigenvalue weighted by atomic mass is 9.83. The molecule has 1 aromatic carbocycles. The molecule has 0 atom stereocenters. The van der Waals surface area contributed by atoms with Crippen LogP contribution in [0.2, 0.25) is 0 Å². The van der Waals surface area contributed by atoms with Crippen molar-refractivity contribution in [3.63, 3.8) is 0 Å². The molecule has 5 nitrogen and oxygen atoms in total. The van der Waals surface area contributed by atoms with E-state index in [1.807, 2.05) is 12.1 Å². The smallest absolute Gasteiger partial charge is 0.305 e. The maximum Gasteiger partial charge on any atom is 0.305 e. The van der Waals surface area contributed by atoms with Crippen LogP contribution >= 0.6 is 0 Å². The molecule has 0 aromatic heterocycles. The number of hydrogen-bond donors (Lipinski definition) is 2. The SMILES string of the molecule is COC(=O)CCC1CCC(NC(=O)c2ccc(CCCCCN)cc2)CC1. The first-order valence-corrected chi connectivity index (χ1v) is 10.3. The Kier molecular flexibility index (Phi) is 9.32. The van der Waals surface area contributed by atoms with E-state index >= 15 is 0 Å². The standard InChI is InChI=1S/C22H34N2O3/c1-27-21(25)15-10-18-8-13-20(14-9-18)24-22(26)19-11-6-17(7-12-19)5-3-2-4-16-23/h6-7,11-12,18,20H,2-5,8-10,13-16,23H2,1H3,(H,24,26). The predicted octanol–water partition coefficient (Wildman–Crippen LogP) is 3.60. The molecule has 1 aliphatic carbocycles. The Labute approximate surface area is 163 Å². The summed E-state index contributed by atoms with van der Waals surface area (Å²) in [5.41, 5.74) is 7.52. The molecule has 1 aliphatic rings. The zero-order valence-electron chi connectivity index (χ0n) is 16.5. The lowest BCUT2D eigenvalue weighted by Gasteiger charge is -2.29. The highest BCUT2D eigenvalue weighted by Gasteiger charge is 2.23. The van der Waals surface area contributed by atoms with Crippen molar-refractivity contribution in [1.82, 2.24) is 5.32 Å². The van der Waals surface area contributed by atoms with Crippen molar-refractivity contribution in [2.24, 2.45) is 11.7 Å². The fourth-order valence-corrected chi connectivity index (χ4v) is 3.76. The van der Waals surface area contributed by atoms with Crippen molar-refractivity contribution in [1.29, 1.82) is 0 Å². The third-order valence-corrected chi connectivity index (χ3v) is 5.55. The fourth-order valence-electron chi connectivity index (χ4n) is 3.76. The van der Waals surface area contributed by atoms with E-state index in [-0.39, 0.29) is 17.9 Å². The summed E-state index contributed by atoms with van der Waals surface area (Å²) in [6.07, 6.45) is 9.88. The summed E-state index contributed by atoms with van der Waals surface area (Å²) in [5, 5.41) is 3.17. The summed E-state index contributed by atoms with van der Waals surface area (Å²) >= 11 is 0. The minimum atomic E-state index is -0.131. The molecule has 0 unspecified atom stereocenters. The Hall–Kier alpha value is -1.88. The quantitative estimate of drug-likeness (QED) is 0.484. The van der Waals surface area contributed by atoms with Crippen LogP contribution in [-0.2, 0) is 16.0 Å². The monoisotopic (exact) mass is 374 g/mol. The molecule has 0 aliphatic heterocycles. The molecule has 27 heavy (non-hydrogen) atoms. The third-order valence-electron chi connectivity index (χ3n) is 5.55. The number of amides is 1. The van der Waals surface area contributed by atoms with Gasteiger partial charge in [-0.3, -0.25) is 9.59 Å². The zero-order chi connectivity index (χ0) is 19.5. The van der Waals surface area contributed by atoms with Crippen LogP contribution in [0, 0.1) is 5.92 Å². The summed E-state index contributed by atoms with van der Waals surface area (Å²) < 4.78 is 4.70. The molecule has 1 aromatic rings. The van der Waals surface area contributed by atoms with Crippen molar-refractivity contribution in [2.75, 3.05) is 13.7 Å². The van der Waals surface area contributed by atoms with Gasteiger partial charge < -0.3 is 15.8 Å². The highest BCUT2D eigenvalue weighted by Crippen LogP contribution is 2.28. The van der Waals surface area contributed by atoms with Crippen molar-refractivity contribution >= 4 is 11.9 Å². The van der Waals surface area contributed by atoms with E-state index in [0.29, 0.717) is 12.3 Å². The van der Waals surface area contributed by atoms with Crippen LogP contribution in [0.15, 0.2) is 24.3 Å². The number of rotatable bonds is 10. The van der Waals surface area contributed by atoms with Crippen LogP contribution in [0.25, 0.3) is 0 Å². The van der Waals surface area contributed by atoms with Crippen LogP contribution in [0.1, 0.15) is 73.7 Å². The van der Waals surface area contributed by atoms with Crippen molar-refractivity contribution < 1.29 is 14.3 Å². The van der Waals surface area contributed by atoms with E-state index in [4.69, 9.17) is 10.5 Å². The zero-order valence-corrected chi connectivity index (χ0v) is 16.5. The number of nitrogens with one attached hydrogen (secondary N) is 1. The number of hydrogen-bond acceptors (Lipinski definition) is 4. The van der Waals surface area contributed by atoms with Gasteiger partial charge in [0.25, 0.3) is 5.91 Å². The van der Waals surface area contributed by atoms with Gasteiger partial charge in [-0.1, -0.05) is 18.6 Å². The van der Waals surface area contributed by atoms with Gasteiger partial charge in [0.2, 0.25) is 0 Å². The molecule has 0 heterocycles. The number of ether oxygens (including phenoxy) is 1. The highest BCUT2D eigenvalue weighted by molar-refractivity contribution is 5.94. The first kappa shape index (κ1) is 21.4. The Balaban J connectivity index is 1.70. The number of esters is 1.